The highest BCUT2D eigenvalue weighted by atomic mass is 32.1. The van der Waals surface area contributed by atoms with Gasteiger partial charge in [-0.1, -0.05) is 55.5 Å². The standard InChI is InChI=1S/C29H35N5O2S/c1-22-9-8-16-34(20-22)25-19-26(36-24-12-6-3-7-13-24)32-27(31-25)33-28(37)30-21-29(14-17-35-18-15-29)23-10-4-2-5-11-23/h2-7,10-13,19,22H,8-9,14-18,20-21H2,1H3,(H2,30,31,32,33,37)/t22-/m1/s1. The average molecular weight is 518 g/mol. The fourth-order valence-corrected chi connectivity index (χ4v) is 5.37. The van der Waals surface area contributed by atoms with Gasteiger partial charge in [0, 0.05) is 44.3 Å². The molecule has 0 radical (unpaired) electrons. The Morgan fingerprint density at radius 2 is 1.81 bits per heavy atom. The summed E-state index contributed by atoms with van der Waals surface area (Å²) in [6.45, 7) is 6.42. The van der Waals surface area contributed by atoms with Crippen LogP contribution in [-0.4, -0.2) is 47.9 Å². The van der Waals surface area contributed by atoms with Crippen LogP contribution in [0.5, 0.6) is 11.6 Å². The van der Waals surface area contributed by atoms with Crippen molar-refractivity contribution < 1.29 is 9.47 Å². The van der Waals surface area contributed by atoms with Gasteiger partial charge in [-0.05, 0) is 61.5 Å². The van der Waals surface area contributed by atoms with Gasteiger partial charge in [-0.3, -0.25) is 0 Å². The molecule has 0 bridgehead atoms. The second kappa shape index (κ2) is 11.9. The number of nitrogens with one attached hydrogen (secondary N) is 2. The maximum Gasteiger partial charge on any atom is 0.234 e. The molecule has 5 rings (SSSR count). The zero-order chi connectivity index (χ0) is 25.5. The number of thiocarbonyl (C=S) groups is 1. The maximum atomic E-state index is 6.09. The van der Waals surface area contributed by atoms with E-state index in [1.807, 2.05) is 36.4 Å². The molecule has 0 aliphatic carbocycles. The first kappa shape index (κ1) is 25.4. The number of aromatic nitrogens is 2. The summed E-state index contributed by atoms with van der Waals surface area (Å²) in [5.41, 5.74) is 1.28. The highest BCUT2D eigenvalue weighted by Crippen LogP contribution is 2.34. The second-order valence-corrected chi connectivity index (χ2v) is 10.5. The first-order valence-electron chi connectivity index (χ1n) is 13.1. The molecule has 0 spiro atoms. The molecule has 1 aromatic heterocycles. The summed E-state index contributed by atoms with van der Waals surface area (Å²) in [4.78, 5) is 11.8. The number of nitrogens with zero attached hydrogens (tertiary/aromatic N) is 3. The predicted molar refractivity (Wildman–Crippen MR) is 152 cm³/mol. The van der Waals surface area contributed by atoms with Gasteiger partial charge < -0.3 is 25.0 Å². The van der Waals surface area contributed by atoms with Crippen molar-refractivity contribution in [3.63, 3.8) is 0 Å². The van der Waals surface area contributed by atoms with Crippen LogP contribution in [0.1, 0.15) is 38.2 Å². The lowest BCUT2D eigenvalue weighted by Gasteiger charge is -2.38. The normalized spacial score (nSPS) is 19.2. The van der Waals surface area contributed by atoms with E-state index in [1.165, 1.54) is 12.0 Å². The number of hydrogen-bond acceptors (Lipinski definition) is 6. The predicted octanol–water partition coefficient (Wildman–Crippen LogP) is 5.54. The number of benzene rings is 2. The van der Waals surface area contributed by atoms with E-state index in [-0.39, 0.29) is 5.41 Å². The summed E-state index contributed by atoms with van der Waals surface area (Å²) in [5.74, 6) is 3.12. The molecule has 2 aliphatic rings. The molecule has 2 aromatic carbocycles. The Kier molecular flexibility index (Phi) is 8.16. The van der Waals surface area contributed by atoms with Crippen molar-refractivity contribution in [1.29, 1.82) is 0 Å². The van der Waals surface area contributed by atoms with Gasteiger partial charge in [-0.15, -0.1) is 0 Å². The topological polar surface area (TPSA) is 71.5 Å². The first-order valence-corrected chi connectivity index (χ1v) is 13.6. The second-order valence-electron chi connectivity index (χ2n) is 10.1. The molecular weight excluding hydrogens is 482 g/mol. The Hall–Kier alpha value is -3.23. The third-order valence-corrected chi connectivity index (χ3v) is 7.53. The minimum atomic E-state index is -0.0283. The van der Waals surface area contributed by atoms with E-state index in [2.05, 4.69) is 57.8 Å². The molecule has 2 fully saturated rings. The van der Waals surface area contributed by atoms with Crippen LogP contribution in [0.15, 0.2) is 66.7 Å². The van der Waals surface area contributed by atoms with Gasteiger partial charge in [0.05, 0.1) is 0 Å². The van der Waals surface area contributed by atoms with Crippen LogP contribution in [0.25, 0.3) is 0 Å². The molecule has 0 amide bonds. The Morgan fingerprint density at radius 3 is 2.54 bits per heavy atom. The summed E-state index contributed by atoms with van der Waals surface area (Å²) in [6.07, 6.45) is 4.28. The van der Waals surface area contributed by atoms with Gasteiger partial charge in [0.25, 0.3) is 0 Å². The summed E-state index contributed by atoms with van der Waals surface area (Å²) in [7, 11) is 0. The third-order valence-electron chi connectivity index (χ3n) is 7.28. The molecule has 2 N–H and O–H groups in total. The lowest BCUT2D eigenvalue weighted by atomic mass is 9.74. The Bertz CT molecular complexity index is 1170. The van der Waals surface area contributed by atoms with E-state index in [1.54, 1.807) is 0 Å². The van der Waals surface area contributed by atoms with Gasteiger partial charge in [0.1, 0.15) is 11.6 Å². The Morgan fingerprint density at radius 1 is 1.08 bits per heavy atom. The largest absolute Gasteiger partial charge is 0.439 e. The van der Waals surface area contributed by atoms with Crippen molar-refractivity contribution in [3.8, 4) is 11.6 Å². The monoisotopic (exact) mass is 517 g/mol. The summed E-state index contributed by atoms with van der Waals surface area (Å²) in [6, 6.07) is 22.2. The van der Waals surface area contributed by atoms with Gasteiger partial charge in [-0.25, -0.2) is 0 Å². The van der Waals surface area contributed by atoms with Crippen LogP contribution in [-0.2, 0) is 10.2 Å². The molecule has 2 aliphatic heterocycles. The number of para-hydroxylation sites is 1. The molecule has 3 aromatic rings. The van der Waals surface area contributed by atoms with Gasteiger partial charge >= 0.3 is 0 Å². The third kappa shape index (κ3) is 6.56. The van der Waals surface area contributed by atoms with Crippen LogP contribution in [0.4, 0.5) is 11.8 Å². The molecule has 3 heterocycles. The maximum absolute atomic E-state index is 6.09. The average Bonchev–Trinajstić information content (AvgIpc) is 2.93. The highest BCUT2D eigenvalue weighted by molar-refractivity contribution is 7.80. The Balaban J connectivity index is 1.33. The number of ether oxygens (including phenoxy) is 2. The fraction of sp³-hybridized carbons (Fsp3) is 0.414. The molecule has 2 saturated heterocycles. The van der Waals surface area contributed by atoms with E-state index in [0.29, 0.717) is 29.4 Å². The van der Waals surface area contributed by atoms with Gasteiger partial charge in [0.2, 0.25) is 11.8 Å². The smallest absolute Gasteiger partial charge is 0.234 e. The molecule has 194 valence electrons. The van der Waals surface area contributed by atoms with Crippen LogP contribution in [0, 0.1) is 5.92 Å². The number of hydrogen-bond donors (Lipinski definition) is 2. The molecular formula is C29H35N5O2S. The van der Waals surface area contributed by atoms with Crippen LogP contribution in [0.3, 0.4) is 0 Å². The zero-order valence-electron chi connectivity index (χ0n) is 21.4. The van der Waals surface area contributed by atoms with Gasteiger partial charge in [-0.2, -0.15) is 9.97 Å². The highest BCUT2D eigenvalue weighted by Gasteiger charge is 2.34. The zero-order valence-corrected chi connectivity index (χ0v) is 22.2. The quantitative estimate of drug-likeness (QED) is 0.396. The molecule has 0 saturated carbocycles. The minimum absolute atomic E-state index is 0.0283. The van der Waals surface area contributed by atoms with Gasteiger partial charge in [0.15, 0.2) is 5.11 Å². The van der Waals surface area contributed by atoms with E-state index in [9.17, 15) is 0 Å². The van der Waals surface area contributed by atoms with Crippen LogP contribution in [0.2, 0.25) is 0 Å². The summed E-state index contributed by atoms with van der Waals surface area (Å²) >= 11 is 5.71. The molecule has 7 nitrogen and oxygen atoms in total. The van der Waals surface area contributed by atoms with Crippen molar-refractivity contribution >= 4 is 29.1 Å². The molecule has 8 heteroatoms. The van der Waals surface area contributed by atoms with E-state index in [4.69, 9.17) is 26.7 Å². The lowest BCUT2D eigenvalue weighted by molar-refractivity contribution is 0.0515. The van der Waals surface area contributed by atoms with E-state index in [0.717, 1.165) is 57.1 Å². The van der Waals surface area contributed by atoms with Crippen molar-refractivity contribution in [2.24, 2.45) is 5.92 Å². The number of anilines is 2. The van der Waals surface area contributed by atoms with Crippen molar-refractivity contribution in [2.45, 2.75) is 38.0 Å². The Labute approximate surface area is 224 Å². The minimum Gasteiger partial charge on any atom is -0.439 e. The molecule has 1 atom stereocenters. The molecule has 0 unspecified atom stereocenters. The van der Waals surface area contributed by atoms with Crippen molar-refractivity contribution in [3.05, 3.63) is 72.3 Å². The summed E-state index contributed by atoms with van der Waals surface area (Å²) < 4.78 is 11.8. The van der Waals surface area contributed by atoms with E-state index >= 15 is 0 Å². The number of piperidine rings is 1. The van der Waals surface area contributed by atoms with Crippen molar-refractivity contribution in [1.82, 2.24) is 15.3 Å². The van der Waals surface area contributed by atoms with Crippen LogP contribution < -0.4 is 20.3 Å². The number of rotatable bonds is 7. The lowest BCUT2D eigenvalue weighted by Crippen LogP contribution is -2.45. The van der Waals surface area contributed by atoms with E-state index < -0.39 is 0 Å². The first-order chi connectivity index (χ1) is 18.1. The molecule has 37 heavy (non-hydrogen) atoms. The fourth-order valence-electron chi connectivity index (χ4n) is 5.21. The van der Waals surface area contributed by atoms with Crippen molar-refractivity contribution in [2.75, 3.05) is 43.1 Å². The summed E-state index contributed by atoms with van der Waals surface area (Å²) in [5, 5.41) is 7.17. The SMILES string of the molecule is C[C@@H]1CCCN(c2cc(Oc3ccccc3)nc(NC(=S)NCC3(c4ccccc4)CCOCC3)n2)C1. The van der Waals surface area contributed by atoms with Crippen LogP contribution >= 0.6 is 12.2 Å².